The van der Waals surface area contributed by atoms with Crippen molar-refractivity contribution in [1.29, 1.82) is 0 Å². The Morgan fingerprint density at radius 2 is 2.11 bits per heavy atom. The molecule has 104 valence electrons. The summed E-state index contributed by atoms with van der Waals surface area (Å²) in [6, 6.07) is 8.70. The highest BCUT2D eigenvalue weighted by atomic mass is 79.9. The van der Waals surface area contributed by atoms with Crippen LogP contribution in [-0.2, 0) is 9.53 Å². The van der Waals surface area contributed by atoms with Gasteiger partial charge in [-0.15, -0.1) is 0 Å². The molecule has 4 nitrogen and oxygen atoms in total. The molecule has 19 heavy (non-hydrogen) atoms. The van der Waals surface area contributed by atoms with Crippen molar-refractivity contribution in [2.45, 2.75) is 25.4 Å². The fourth-order valence-corrected chi connectivity index (χ4v) is 2.80. The second-order valence-corrected chi connectivity index (χ2v) is 5.74. The van der Waals surface area contributed by atoms with Crippen LogP contribution in [0, 0.1) is 0 Å². The summed E-state index contributed by atoms with van der Waals surface area (Å²) in [5.41, 5.74) is 1.14. The number of anilines is 1. The number of carbonyl (C=O) groups excluding carboxylic acids is 1. The van der Waals surface area contributed by atoms with Crippen molar-refractivity contribution >= 4 is 27.6 Å². The minimum atomic E-state index is -0.164. The zero-order valence-corrected chi connectivity index (χ0v) is 12.8. The first-order valence-electron chi connectivity index (χ1n) is 6.43. The molecule has 1 aliphatic rings. The van der Waals surface area contributed by atoms with Gasteiger partial charge in [0, 0.05) is 29.3 Å². The van der Waals surface area contributed by atoms with E-state index >= 15 is 0 Å². The highest BCUT2D eigenvalue weighted by molar-refractivity contribution is 9.10. The topological polar surface area (TPSA) is 41.6 Å². The van der Waals surface area contributed by atoms with E-state index < -0.39 is 0 Å². The first-order valence-corrected chi connectivity index (χ1v) is 7.22. The Bertz CT molecular complexity index is 436. The molecule has 1 heterocycles. The van der Waals surface area contributed by atoms with E-state index in [9.17, 15) is 4.79 Å². The van der Waals surface area contributed by atoms with E-state index in [4.69, 9.17) is 4.74 Å². The number of ether oxygens (including phenoxy) is 1. The van der Waals surface area contributed by atoms with Crippen molar-refractivity contribution in [3.8, 4) is 0 Å². The van der Waals surface area contributed by atoms with Crippen LogP contribution >= 0.6 is 15.9 Å². The minimum Gasteiger partial charge on any atom is -0.469 e. The quantitative estimate of drug-likeness (QED) is 0.864. The van der Waals surface area contributed by atoms with Gasteiger partial charge in [0.1, 0.15) is 0 Å². The molecule has 5 heteroatoms. The van der Waals surface area contributed by atoms with Gasteiger partial charge in [0.15, 0.2) is 0 Å². The van der Waals surface area contributed by atoms with Crippen LogP contribution in [-0.4, -0.2) is 38.3 Å². The number of hydrogen-bond donors (Lipinski definition) is 1. The number of piperazine rings is 1. The molecule has 0 spiro atoms. The van der Waals surface area contributed by atoms with E-state index in [1.165, 1.54) is 7.11 Å². The molecule has 1 aromatic carbocycles. The minimum absolute atomic E-state index is 0.136. The molecule has 0 bridgehead atoms. The zero-order chi connectivity index (χ0) is 13.8. The summed E-state index contributed by atoms with van der Waals surface area (Å²) < 4.78 is 5.85. The van der Waals surface area contributed by atoms with Gasteiger partial charge in [-0.05, 0) is 31.2 Å². The Kier molecular flexibility index (Phi) is 4.82. The summed E-state index contributed by atoms with van der Waals surface area (Å²) in [5, 5.41) is 3.37. The molecule has 0 saturated carbocycles. The molecule has 1 saturated heterocycles. The maximum atomic E-state index is 11.5. The number of esters is 1. The van der Waals surface area contributed by atoms with Crippen molar-refractivity contribution in [1.82, 2.24) is 5.32 Å². The van der Waals surface area contributed by atoms with Crippen molar-refractivity contribution in [2.75, 3.05) is 25.1 Å². The van der Waals surface area contributed by atoms with Crippen LogP contribution in [0.1, 0.15) is 13.3 Å². The molecule has 2 rings (SSSR count). The summed E-state index contributed by atoms with van der Waals surface area (Å²) in [4.78, 5) is 13.8. The Balaban J connectivity index is 2.20. The Morgan fingerprint density at radius 1 is 1.42 bits per heavy atom. The summed E-state index contributed by atoms with van der Waals surface area (Å²) in [6.07, 6.45) is 0.407. The highest BCUT2D eigenvalue weighted by Gasteiger charge is 2.29. The molecule has 2 unspecified atom stereocenters. The standard InChI is InChI=1S/C14H19BrN2O2/c1-10-8-16-9-13(7-14(18)19-2)17(10)12-5-3-11(15)4-6-12/h3-6,10,13,16H,7-9H2,1-2H3. The number of nitrogens with one attached hydrogen (secondary N) is 1. The molecule has 1 aliphatic heterocycles. The summed E-state index contributed by atoms with van der Waals surface area (Å²) in [6.45, 7) is 3.89. The maximum Gasteiger partial charge on any atom is 0.307 e. The van der Waals surface area contributed by atoms with Crippen LogP contribution in [0.4, 0.5) is 5.69 Å². The predicted molar refractivity (Wildman–Crippen MR) is 79.4 cm³/mol. The molecule has 2 atom stereocenters. The third-order valence-corrected chi connectivity index (χ3v) is 3.97. The van der Waals surface area contributed by atoms with E-state index in [-0.39, 0.29) is 12.0 Å². The van der Waals surface area contributed by atoms with Gasteiger partial charge in [-0.1, -0.05) is 15.9 Å². The second kappa shape index (κ2) is 6.39. The molecule has 1 fully saturated rings. The van der Waals surface area contributed by atoms with Crippen molar-refractivity contribution in [3.05, 3.63) is 28.7 Å². The first kappa shape index (κ1) is 14.3. The normalized spacial score (nSPS) is 23.2. The first-order chi connectivity index (χ1) is 9.11. The van der Waals surface area contributed by atoms with Gasteiger partial charge in [0.05, 0.1) is 19.6 Å². The molecule has 0 radical (unpaired) electrons. The SMILES string of the molecule is COC(=O)CC1CNCC(C)N1c1ccc(Br)cc1. The summed E-state index contributed by atoms with van der Waals surface area (Å²) in [7, 11) is 1.44. The van der Waals surface area contributed by atoms with Gasteiger partial charge < -0.3 is 15.0 Å². The average molecular weight is 327 g/mol. The van der Waals surface area contributed by atoms with Crippen LogP contribution in [0.15, 0.2) is 28.7 Å². The number of halogens is 1. The lowest BCUT2D eigenvalue weighted by Crippen LogP contribution is -2.57. The van der Waals surface area contributed by atoms with Crippen LogP contribution in [0.5, 0.6) is 0 Å². The fraction of sp³-hybridized carbons (Fsp3) is 0.500. The average Bonchev–Trinajstić information content (AvgIpc) is 2.40. The third kappa shape index (κ3) is 3.48. The Labute approximate surface area is 122 Å². The summed E-state index contributed by atoms with van der Waals surface area (Å²) in [5.74, 6) is -0.164. The molecular weight excluding hydrogens is 308 g/mol. The van der Waals surface area contributed by atoms with E-state index in [1.54, 1.807) is 0 Å². The van der Waals surface area contributed by atoms with Crippen molar-refractivity contribution < 1.29 is 9.53 Å². The molecule has 0 aliphatic carbocycles. The van der Waals surface area contributed by atoms with E-state index in [0.29, 0.717) is 12.5 Å². The lowest BCUT2D eigenvalue weighted by atomic mass is 10.0. The Morgan fingerprint density at radius 3 is 2.74 bits per heavy atom. The van der Waals surface area contributed by atoms with Gasteiger partial charge in [-0.25, -0.2) is 0 Å². The van der Waals surface area contributed by atoms with Crippen LogP contribution in [0.2, 0.25) is 0 Å². The van der Waals surface area contributed by atoms with Gasteiger partial charge >= 0.3 is 5.97 Å². The van der Waals surface area contributed by atoms with Crippen molar-refractivity contribution in [3.63, 3.8) is 0 Å². The number of hydrogen-bond acceptors (Lipinski definition) is 4. The van der Waals surface area contributed by atoms with Crippen LogP contribution in [0.25, 0.3) is 0 Å². The summed E-state index contributed by atoms with van der Waals surface area (Å²) >= 11 is 3.45. The smallest absolute Gasteiger partial charge is 0.307 e. The Hall–Kier alpha value is -1.07. The molecule has 0 aromatic heterocycles. The van der Waals surface area contributed by atoms with Crippen molar-refractivity contribution in [2.24, 2.45) is 0 Å². The number of methoxy groups -OCH3 is 1. The van der Waals surface area contributed by atoms with E-state index in [2.05, 4.69) is 45.2 Å². The highest BCUT2D eigenvalue weighted by Crippen LogP contribution is 2.25. The van der Waals surface area contributed by atoms with Crippen LogP contribution < -0.4 is 10.2 Å². The molecular formula is C14H19BrN2O2. The molecule has 0 amide bonds. The number of rotatable bonds is 3. The molecule has 1 aromatic rings. The largest absolute Gasteiger partial charge is 0.469 e. The van der Waals surface area contributed by atoms with E-state index in [0.717, 1.165) is 23.2 Å². The van der Waals surface area contributed by atoms with Gasteiger partial charge in [-0.3, -0.25) is 4.79 Å². The van der Waals surface area contributed by atoms with Gasteiger partial charge in [0.25, 0.3) is 0 Å². The maximum absolute atomic E-state index is 11.5. The number of benzene rings is 1. The van der Waals surface area contributed by atoms with Gasteiger partial charge in [0.2, 0.25) is 0 Å². The lowest BCUT2D eigenvalue weighted by Gasteiger charge is -2.42. The lowest BCUT2D eigenvalue weighted by molar-refractivity contribution is -0.141. The fourth-order valence-electron chi connectivity index (χ4n) is 2.54. The number of nitrogens with zero attached hydrogens (tertiary/aromatic N) is 1. The third-order valence-electron chi connectivity index (χ3n) is 3.44. The monoisotopic (exact) mass is 326 g/mol. The van der Waals surface area contributed by atoms with Crippen LogP contribution in [0.3, 0.4) is 0 Å². The zero-order valence-electron chi connectivity index (χ0n) is 11.2. The second-order valence-electron chi connectivity index (χ2n) is 4.83. The number of carbonyl (C=O) groups is 1. The predicted octanol–water partition coefficient (Wildman–Crippen LogP) is 2.18. The molecule has 1 N–H and O–H groups in total. The van der Waals surface area contributed by atoms with E-state index in [1.807, 2.05) is 12.1 Å². The van der Waals surface area contributed by atoms with Gasteiger partial charge in [-0.2, -0.15) is 0 Å².